The molecule has 0 atom stereocenters. The predicted molar refractivity (Wildman–Crippen MR) is 144 cm³/mol. The zero-order valence-electron chi connectivity index (χ0n) is 19.1. The van der Waals surface area contributed by atoms with Crippen LogP contribution < -0.4 is 0 Å². The number of rotatable bonds is 3. The molecule has 35 heavy (non-hydrogen) atoms. The molecule has 0 saturated carbocycles. The van der Waals surface area contributed by atoms with Gasteiger partial charge in [-0.3, -0.25) is 0 Å². The quantitative estimate of drug-likeness (QED) is 0.273. The Hall–Kier alpha value is -4.56. The summed E-state index contributed by atoms with van der Waals surface area (Å²) in [5.74, 6) is 0.786. The van der Waals surface area contributed by atoms with Crippen LogP contribution in [-0.2, 0) is 6.42 Å². The van der Waals surface area contributed by atoms with Crippen LogP contribution in [0, 0.1) is 0 Å². The van der Waals surface area contributed by atoms with Crippen LogP contribution in [0.25, 0.3) is 55.8 Å². The highest BCUT2D eigenvalue weighted by atomic mass is 14.9. The zero-order chi connectivity index (χ0) is 23.2. The number of aromatic nitrogens is 2. The predicted octanol–water partition coefficient (Wildman–Crippen LogP) is 8.20. The van der Waals surface area contributed by atoms with E-state index < -0.39 is 0 Å². The summed E-state index contributed by atoms with van der Waals surface area (Å²) in [4.78, 5) is 10.2. The van der Waals surface area contributed by atoms with Crippen molar-refractivity contribution < 1.29 is 0 Å². The SMILES string of the molecule is c1ccc(-c2cccc3c2Cc2c(-c4nc(-c5ccccc5)c5ccccc5n4)cccc2-3)cc1. The Morgan fingerprint density at radius 3 is 1.74 bits per heavy atom. The first-order chi connectivity index (χ1) is 17.4. The second kappa shape index (κ2) is 8.03. The molecule has 0 saturated heterocycles. The highest BCUT2D eigenvalue weighted by Crippen LogP contribution is 2.45. The molecule has 0 unspecified atom stereocenters. The first-order valence-corrected chi connectivity index (χ1v) is 12.0. The fourth-order valence-electron chi connectivity index (χ4n) is 5.35. The van der Waals surface area contributed by atoms with Crippen molar-refractivity contribution in [3.63, 3.8) is 0 Å². The number of para-hydroxylation sites is 1. The van der Waals surface area contributed by atoms with E-state index in [1.807, 2.05) is 12.1 Å². The fraction of sp³-hybridized carbons (Fsp3) is 0.0303. The van der Waals surface area contributed by atoms with Crippen LogP contribution in [0.15, 0.2) is 121 Å². The molecular weight excluding hydrogens is 424 g/mol. The third-order valence-electron chi connectivity index (χ3n) is 6.97. The van der Waals surface area contributed by atoms with Crippen molar-refractivity contribution in [1.82, 2.24) is 9.97 Å². The molecule has 1 aliphatic carbocycles. The summed E-state index contributed by atoms with van der Waals surface area (Å²) in [5, 5.41) is 1.07. The van der Waals surface area contributed by atoms with Gasteiger partial charge >= 0.3 is 0 Å². The normalized spacial score (nSPS) is 11.9. The Morgan fingerprint density at radius 1 is 0.429 bits per heavy atom. The van der Waals surface area contributed by atoms with Crippen LogP contribution in [0.4, 0.5) is 0 Å². The van der Waals surface area contributed by atoms with Crippen LogP contribution in [0.3, 0.4) is 0 Å². The molecule has 5 aromatic carbocycles. The molecule has 0 aliphatic heterocycles. The van der Waals surface area contributed by atoms with E-state index in [0.717, 1.165) is 40.0 Å². The number of hydrogen-bond acceptors (Lipinski definition) is 2. The standard InChI is InChI=1S/C33H22N2/c1-3-11-22(12-4-1)24-16-9-17-25-26-18-10-19-27(30(26)21-29(24)25)33-34-31-20-8-7-15-28(31)32(35-33)23-13-5-2-6-14-23/h1-20H,21H2. The maximum Gasteiger partial charge on any atom is 0.160 e. The Kier molecular flexibility index (Phi) is 4.56. The molecule has 1 aliphatic rings. The van der Waals surface area contributed by atoms with Crippen molar-refractivity contribution in [2.75, 3.05) is 0 Å². The average molecular weight is 447 g/mol. The summed E-state index contributed by atoms with van der Waals surface area (Å²) in [6.45, 7) is 0. The van der Waals surface area contributed by atoms with E-state index >= 15 is 0 Å². The number of nitrogens with zero attached hydrogens (tertiary/aromatic N) is 2. The second-order valence-corrected chi connectivity index (χ2v) is 8.99. The Balaban J connectivity index is 1.43. The van der Waals surface area contributed by atoms with Crippen LogP contribution in [0.1, 0.15) is 11.1 Å². The molecule has 0 radical (unpaired) electrons. The van der Waals surface area contributed by atoms with Gasteiger partial charge in [0.15, 0.2) is 5.82 Å². The molecule has 1 aromatic heterocycles. The van der Waals surface area contributed by atoms with Crippen molar-refractivity contribution in [3.05, 3.63) is 132 Å². The van der Waals surface area contributed by atoms with E-state index in [4.69, 9.17) is 9.97 Å². The molecule has 0 amide bonds. The second-order valence-electron chi connectivity index (χ2n) is 8.99. The lowest BCUT2D eigenvalue weighted by Gasteiger charge is -2.12. The fourth-order valence-corrected chi connectivity index (χ4v) is 5.35. The van der Waals surface area contributed by atoms with Crippen LogP contribution in [-0.4, -0.2) is 9.97 Å². The zero-order valence-corrected chi connectivity index (χ0v) is 19.1. The van der Waals surface area contributed by atoms with Crippen molar-refractivity contribution in [3.8, 4) is 44.9 Å². The molecule has 0 bridgehead atoms. The summed E-state index contributed by atoms with van der Waals surface area (Å²) >= 11 is 0. The van der Waals surface area contributed by atoms with Crippen molar-refractivity contribution in [1.29, 1.82) is 0 Å². The number of hydrogen-bond donors (Lipinski definition) is 0. The van der Waals surface area contributed by atoms with E-state index in [1.54, 1.807) is 0 Å². The van der Waals surface area contributed by atoms with Gasteiger partial charge in [0.25, 0.3) is 0 Å². The summed E-state index contributed by atoms with van der Waals surface area (Å²) in [6, 6.07) is 42.6. The molecular formula is C33H22N2. The summed E-state index contributed by atoms with van der Waals surface area (Å²) in [5.41, 5.74) is 12.0. The minimum Gasteiger partial charge on any atom is -0.228 e. The Labute approximate surface area is 204 Å². The smallest absolute Gasteiger partial charge is 0.160 e. The van der Waals surface area contributed by atoms with Crippen molar-refractivity contribution >= 4 is 10.9 Å². The van der Waals surface area contributed by atoms with Gasteiger partial charge in [0.05, 0.1) is 11.2 Å². The van der Waals surface area contributed by atoms with Gasteiger partial charge in [0.2, 0.25) is 0 Å². The maximum absolute atomic E-state index is 5.15. The number of benzene rings is 5. The van der Waals surface area contributed by atoms with E-state index in [1.165, 1.54) is 33.4 Å². The van der Waals surface area contributed by atoms with Crippen LogP contribution in [0.5, 0.6) is 0 Å². The molecule has 2 heteroatoms. The van der Waals surface area contributed by atoms with Gasteiger partial charge in [-0.15, -0.1) is 0 Å². The number of fused-ring (bicyclic) bond motifs is 4. The first kappa shape index (κ1) is 19.9. The maximum atomic E-state index is 5.15. The van der Waals surface area contributed by atoms with Crippen molar-refractivity contribution in [2.24, 2.45) is 0 Å². The molecule has 164 valence electrons. The summed E-state index contributed by atoms with van der Waals surface area (Å²) in [6.07, 6.45) is 0.878. The molecule has 6 aromatic rings. The van der Waals surface area contributed by atoms with Gasteiger partial charge in [-0.05, 0) is 39.4 Å². The van der Waals surface area contributed by atoms with Gasteiger partial charge in [-0.1, -0.05) is 115 Å². The van der Waals surface area contributed by atoms with E-state index in [2.05, 4.69) is 109 Å². The lowest BCUT2D eigenvalue weighted by atomic mass is 9.96. The lowest BCUT2D eigenvalue weighted by molar-refractivity contribution is 1.19. The Bertz CT molecular complexity index is 1700. The van der Waals surface area contributed by atoms with E-state index in [9.17, 15) is 0 Å². The monoisotopic (exact) mass is 446 g/mol. The van der Waals surface area contributed by atoms with Gasteiger partial charge in [0.1, 0.15) is 0 Å². The van der Waals surface area contributed by atoms with Gasteiger partial charge in [0, 0.05) is 22.9 Å². The highest BCUT2D eigenvalue weighted by Gasteiger charge is 2.25. The summed E-state index contributed by atoms with van der Waals surface area (Å²) < 4.78 is 0. The van der Waals surface area contributed by atoms with Crippen LogP contribution >= 0.6 is 0 Å². The topological polar surface area (TPSA) is 25.8 Å². The molecule has 0 spiro atoms. The first-order valence-electron chi connectivity index (χ1n) is 12.0. The van der Waals surface area contributed by atoms with E-state index in [-0.39, 0.29) is 0 Å². The minimum absolute atomic E-state index is 0.786. The highest BCUT2D eigenvalue weighted by molar-refractivity contribution is 5.95. The largest absolute Gasteiger partial charge is 0.228 e. The molecule has 0 N–H and O–H groups in total. The third kappa shape index (κ3) is 3.26. The molecule has 0 fully saturated rings. The minimum atomic E-state index is 0.786. The lowest BCUT2D eigenvalue weighted by Crippen LogP contribution is -1.98. The average Bonchev–Trinajstić information content (AvgIpc) is 3.32. The van der Waals surface area contributed by atoms with E-state index in [0.29, 0.717) is 0 Å². The Morgan fingerprint density at radius 2 is 1.00 bits per heavy atom. The van der Waals surface area contributed by atoms with Crippen LogP contribution in [0.2, 0.25) is 0 Å². The molecule has 7 rings (SSSR count). The van der Waals surface area contributed by atoms with Gasteiger partial charge in [-0.25, -0.2) is 9.97 Å². The van der Waals surface area contributed by atoms with Gasteiger partial charge < -0.3 is 0 Å². The molecule has 1 heterocycles. The third-order valence-corrected chi connectivity index (χ3v) is 6.97. The molecule has 2 nitrogen and oxygen atoms in total. The van der Waals surface area contributed by atoms with Gasteiger partial charge in [-0.2, -0.15) is 0 Å². The van der Waals surface area contributed by atoms with Crippen molar-refractivity contribution in [2.45, 2.75) is 6.42 Å². The summed E-state index contributed by atoms with van der Waals surface area (Å²) in [7, 11) is 0.